The van der Waals surface area contributed by atoms with Crippen molar-refractivity contribution in [2.45, 2.75) is 64.6 Å². The van der Waals surface area contributed by atoms with E-state index in [-0.39, 0.29) is 24.7 Å². The number of carbonyl (C=O) groups excluding carboxylic acids is 4. The Labute approximate surface area is 256 Å². The van der Waals surface area contributed by atoms with Gasteiger partial charge in [-0.25, -0.2) is 14.2 Å². The maximum atomic E-state index is 14.4. The summed E-state index contributed by atoms with van der Waals surface area (Å²) in [7, 11) is 1.59. The smallest absolute Gasteiger partial charge is 0.408 e. The van der Waals surface area contributed by atoms with Gasteiger partial charge >= 0.3 is 6.09 Å². The number of halogens is 1. The molecule has 2 aromatic rings. The predicted molar refractivity (Wildman–Crippen MR) is 161 cm³/mol. The van der Waals surface area contributed by atoms with Crippen LogP contribution >= 0.6 is 0 Å². The van der Waals surface area contributed by atoms with Crippen LogP contribution in [0.4, 0.5) is 9.18 Å². The largest absolute Gasteiger partial charge is 0.488 e. The molecule has 11 nitrogen and oxygen atoms in total. The number of amides is 4. The third-order valence-electron chi connectivity index (χ3n) is 7.49. The molecule has 44 heavy (non-hydrogen) atoms. The van der Waals surface area contributed by atoms with E-state index in [9.17, 15) is 23.6 Å². The number of para-hydroxylation sites is 1. The highest BCUT2D eigenvalue weighted by atomic mass is 19.1. The van der Waals surface area contributed by atoms with Crippen LogP contribution in [0.15, 0.2) is 59.7 Å². The molecule has 0 radical (unpaired) electrons. The highest BCUT2D eigenvalue weighted by molar-refractivity contribution is 6.13. The van der Waals surface area contributed by atoms with Gasteiger partial charge in [0.1, 0.15) is 29.2 Å². The number of ether oxygens (including phenoxy) is 2. The number of hydrogen-bond acceptors (Lipinski definition) is 7. The Kier molecular flexibility index (Phi) is 9.31. The SMILES string of the molecule is CN1N=C2CCN(C(=O)[C@@H](COc3ccccc3F)NC(=O)C(C)(C)NC(=O)OC(C)(C)C)C[C@@]2(Cc2ccccc2)C1=O. The molecule has 0 unspecified atom stereocenters. The molecule has 0 aliphatic carbocycles. The second-order valence-electron chi connectivity index (χ2n) is 12.6. The molecular formula is C32H40FN5O6. The van der Waals surface area contributed by atoms with Crippen molar-refractivity contribution in [3.8, 4) is 5.75 Å². The minimum atomic E-state index is -1.49. The lowest BCUT2D eigenvalue weighted by Gasteiger charge is -2.41. The molecule has 2 atom stereocenters. The van der Waals surface area contributed by atoms with Crippen molar-refractivity contribution >= 4 is 29.5 Å². The Hall–Kier alpha value is -4.48. The fourth-order valence-corrected chi connectivity index (χ4v) is 5.30. The van der Waals surface area contributed by atoms with E-state index < -0.39 is 52.9 Å². The first-order valence-corrected chi connectivity index (χ1v) is 14.5. The number of carbonyl (C=O) groups is 4. The van der Waals surface area contributed by atoms with E-state index in [2.05, 4.69) is 15.7 Å². The number of likely N-dealkylation sites (tertiary alicyclic amines) is 1. The zero-order chi connectivity index (χ0) is 32.3. The van der Waals surface area contributed by atoms with Crippen molar-refractivity contribution < 1.29 is 33.0 Å². The zero-order valence-corrected chi connectivity index (χ0v) is 26.0. The number of rotatable bonds is 9. The van der Waals surface area contributed by atoms with E-state index in [1.54, 1.807) is 33.9 Å². The van der Waals surface area contributed by atoms with E-state index in [1.807, 2.05) is 30.3 Å². The highest BCUT2D eigenvalue weighted by Crippen LogP contribution is 2.38. The molecular weight excluding hydrogens is 569 g/mol. The van der Waals surface area contributed by atoms with Crippen LogP contribution in [0.5, 0.6) is 5.75 Å². The number of benzene rings is 2. The average Bonchev–Trinajstić information content (AvgIpc) is 3.19. The normalized spacial score (nSPS) is 19.1. The van der Waals surface area contributed by atoms with Gasteiger partial charge in [0.25, 0.3) is 5.91 Å². The molecule has 4 rings (SSSR count). The number of hydrogen-bond donors (Lipinski definition) is 2. The fraction of sp³-hybridized carbons (Fsp3) is 0.469. The number of nitrogens with zero attached hydrogens (tertiary/aromatic N) is 3. The lowest BCUT2D eigenvalue weighted by molar-refractivity contribution is -0.143. The monoisotopic (exact) mass is 609 g/mol. The van der Waals surface area contributed by atoms with Gasteiger partial charge in [0.05, 0.1) is 5.71 Å². The van der Waals surface area contributed by atoms with Crippen LogP contribution in [-0.2, 0) is 25.5 Å². The molecule has 4 amide bonds. The number of hydrazone groups is 1. The summed E-state index contributed by atoms with van der Waals surface area (Å²) in [5.41, 5.74) is -1.73. The van der Waals surface area contributed by atoms with Crippen LogP contribution in [0.3, 0.4) is 0 Å². The minimum absolute atomic E-state index is 0.0361. The molecule has 2 aromatic carbocycles. The van der Waals surface area contributed by atoms with Crippen LogP contribution < -0.4 is 15.4 Å². The fourth-order valence-electron chi connectivity index (χ4n) is 5.30. The Bertz CT molecular complexity index is 1440. The van der Waals surface area contributed by atoms with E-state index >= 15 is 0 Å². The number of piperidine rings is 1. The second-order valence-corrected chi connectivity index (χ2v) is 12.6. The van der Waals surface area contributed by atoms with E-state index in [0.717, 1.165) is 5.56 Å². The summed E-state index contributed by atoms with van der Waals surface area (Å²) in [6.07, 6.45) is -0.109. The molecule has 0 bridgehead atoms. The van der Waals surface area contributed by atoms with Gasteiger partial charge in [-0.05, 0) is 58.7 Å². The molecule has 0 spiro atoms. The van der Waals surface area contributed by atoms with E-state index in [1.165, 1.54) is 42.0 Å². The Balaban J connectivity index is 1.58. The first-order valence-electron chi connectivity index (χ1n) is 14.5. The van der Waals surface area contributed by atoms with Crippen molar-refractivity contribution in [1.29, 1.82) is 0 Å². The lowest BCUT2D eigenvalue weighted by Crippen LogP contribution is -2.63. The quantitative estimate of drug-likeness (QED) is 0.449. The van der Waals surface area contributed by atoms with E-state index in [0.29, 0.717) is 18.6 Å². The van der Waals surface area contributed by atoms with Crippen LogP contribution in [0.25, 0.3) is 0 Å². The highest BCUT2D eigenvalue weighted by Gasteiger charge is 2.54. The third-order valence-corrected chi connectivity index (χ3v) is 7.49. The summed E-state index contributed by atoms with van der Waals surface area (Å²) in [6.45, 7) is 7.91. The molecule has 0 aromatic heterocycles. The molecule has 1 saturated heterocycles. The van der Waals surface area contributed by atoms with Gasteiger partial charge in [-0.15, -0.1) is 0 Å². The number of alkyl carbamates (subject to hydrolysis) is 1. The van der Waals surface area contributed by atoms with Crippen LogP contribution in [0, 0.1) is 11.2 Å². The standard InChI is InChI=1S/C32H40FN5O6/c1-30(2,3)44-29(42)35-31(4,5)27(40)34-23(19-43-24-15-11-10-14-22(24)33)26(39)38-17-16-25-32(20-38,28(41)37(6)36-25)18-21-12-8-7-9-13-21/h7-15,23H,16-20H2,1-6H3,(H,34,40)(H,35,42)/t23-,32-/m1/s1. The van der Waals surface area contributed by atoms with Crippen molar-refractivity contribution in [1.82, 2.24) is 20.5 Å². The minimum Gasteiger partial charge on any atom is -0.488 e. The Morgan fingerprint density at radius 3 is 2.36 bits per heavy atom. The van der Waals surface area contributed by atoms with Crippen molar-refractivity contribution in [3.05, 3.63) is 66.0 Å². The maximum absolute atomic E-state index is 14.4. The predicted octanol–water partition coefficient (Wildman–Crippen LogP) is 3.28. The van der Waals surface area contributed by atoms with Gasteiger partial charge in [0.15, 0.2) is 11.6 Å². The summed E-state index contributed by atoms with van der Waals surface area (Å²) < 4.78 is 25.3. The van der Waals surface area contributed by atoms with Crippen molar-refractivity contribution in [3.63, 3.8) is 0 Å². The van der Waals surface area contributed by atoms with Gasteiger partial charge in [0, 0.05) is 26.6 Å². The molecule has 2 N–H and O–H groups in total. The topological polar surface area (TPSA) is 130 Å². The van der Waals surface area contributed by atoms with E-state index in [4.69, 9.17) is 9.47 Å². The first-order chi connectivity index (χ1) is 20.6. The molecule has 2 aliphatic heterocycles. The van der Waals surface area contributed by atoms with Crippen LogP contribution in [0.2, 0.25) is 0 Å². The van der Waals surface area contributed by atoms with Crippen molar-refractivity contribution in [2.24, 2.45) is 10.5 Å². The van der Waals surface area contributed by atoms with Crippen LogP contribution in [0.1, 0.15) is 46.6 Å². The van der Waals surface area contributed by atoms with Gasteiger partial charge in [0.2, 0.25) is 11.8 Å². The van der Waals surface area contributed by atoms with Crippen LogP contribution in [-0.4, -0.2) is 83.4 Å². The number of fused-ring (bicyclic) bond motifs is 1. The lowest BCUT2D eigenvalue weighted by atomic mass is 9.73. The maximum Gasteiger partial charge on any atom is 0.408 e. The Morgan fingerprint density at radius 1 is 1.05 bits per heavy atom. The van der Waals surface area contributed by atoms with Crippen molar-refractivity contribution in [2.75, 3.05) is 26.7 Å². The summed E-state index contributed by atoms with van der Waals surface area (Å²) in [4.78, 5) is 55.1. The summed E-state index contributed by atoms with van der Waals surface area (Å²) in [5.74, 6) is -2.14. The molecule has 0 saturated carbocycles. The molecule has 1 fully saturated rings. The van der Waals surface area contributed by atoms with Gasteiger partial charge < -0.3 is 25.0 Å². The molecule has 2 heterocycles. The third kappa shape index (κ3) is 7.35. The number of nitrogens with one attached hydrogen (secondary N) is 2. The summed E-state index contributed by atoms with van der Waals surface area (Å²) in [6, 6.07) is 14.0. The summed E-state index contributed by atoms with van der Waals surface area (Å²) >= 11 is 0. The average molecular weight is 610 g/mol. The molecule has 2 aliphatic rings. The first kappa shape index (κ1) is 32.4. The van der Waals surface area contributed by atoms with Gasteiger partial charge in [-0.2, -0.15) is 5.10 Å². The van der Waals surface area contributed by atoms with Gasteiger partial charge in [-0.3, -0.25) is 14.4 Å². The summed E-state index contributed by atoms with van der Waals surface area (Å²) in [5, 5.41) is 11.0. The zero-order valence-electron chi connectivity index (χ0n) is 26.0. The molecule has 12 heteroatoms. The van der Waals surface area contributed by atoms with Gasteiger partial charge in [-0.1, -0.05) is 42.5 Å². The second kappa shape index (κ2) is 12.6. The molecule has 236 valence electrons. The Morgan fingerprint density at radius 2 is 1.70 bits per heavy atom.